The van der Waals surface area contributed by atoms with Gasteiger partial charge in [0.2, 0.25) is 10.0 Å². The molecule has 0 saturated heterocycles. The molecule has 2 aromatic carbocycles. The molecule has 0 aromatic heterocycles. The molecule has 0 fully saturated rings. The van der Waals surface area contributed by atoms with Crippen molar-refractivity contribution in [1.29, 1.82) is 0 Å². The van der Waals surface area contributed by atoms with Gasteiger partial charge in [0.15, 0.2) is 0 Å². The third-order valence-corrected chi connectivity index (χ3v) is 6.13. The van der Waals surface area contributed by atoms with Crippen LogP contribution in [0.15, 0.2) is 47.4 Å². The minimum atomic E-state index is -4.01. The highest BCUT2D eigenvalue weighted by atomic mass is 35.5. The normalized spacial score (nSPS) is 13.9. The Kier molecular flexibility index (Phi) is 6.93. The Hall–Kier alpha value is -1.31. The molecule has 2 rings (SSSR count). The molecular formula is C17H16Cl3NO4S. The molecule has 26 heavy (non-hydrogen) atoms. The summed E-state index contributed by atoms with van der Waals surface area (Å²) in [5.74, 6) is -0.841. The molecule has 0 radical (unpaired) electrons. The van der Waals surface area contributed by atoms with Crippen molar-refractivity contribution >= 4 is 50.8 Å². The molecule has 1 N–H and O–H groups in total. The Morgan fingerprint density at radius 3 is 2.27 bits per heavy atom. The lowest BCUT2D eigenvalue weighted by molar-refractivity contribution is -0.142. The lowest BCUT2D eigenvalue weighted by atomic mass is 10.1. The van der Waals surface area contributed by atoms with Gasteiger partial charge in [-0.05, 0) is 36.8 Å². The van der Waals surface area contributed by atoms with Crippen molar-refractivity contribution in [3.05, 3.63) is 63.6 Å². The van der Waals surface area contributed by atoms with E-state index in [9.17, 15) is 13.2 Å². The fourth-order valence-electron chi connectivity index (χ4n) is 2.21. The molecule has 0 amide bonds. The van der Waals surface area contributed by atoms with Gasteiger partial charge in [-0.25, -0.2) is 8.42 Å². The first-order chi connectivity index (χ1) is 12.2. The number of nitrogens with one attached hydrogen (secondary N) is 1. The smallest absolute Gasteiger partial charge is 0.325 e. The SMILES string of the molecule is COC(=O)[C@H](NS(=O)(=O)c1ccc(C)cc1)[C@H](Cl)c1ccc(Cl)cc1Cl. The van der Waals surface area contributed by atoms with E-state index >= 15 is 0 Å². The summed E-state index contributed by atoms with van der Waals surface area (Å²) in [6, 6.07) is 9.31. The molecule has 0 aliphatic carbocycles. The van der Waals surface area contributed by atoms with Crippen LogP contribution in [0.1, 0.15) is 16.5 Å². The van der Waals surface area contributed by atoms with Crippen LogP contribution in [-0.2, 0) is 19.6 Å². The summed E-state index contributed by atoms with van der Waals surface area (Å²) in [4.78, 5) is 12.2. The molecule has 0 spiro atoms. The summed E-state index contributed by atoms with van der Waals surface area (Å²) in [5, 5.41) is -0.508. The highest BCUT2D eigenvalue weighted by Gasteiger charge is 2.34. The Bertz CT molecular complexity index is 901. The number of sulfonamides is 1. The number of aryl methyl sites for hydroxylation is 1. The summed E-state index contributed by atoms with van der Waals surface area (Å²) < 4.78 is 32.2. The number of esters is 1. The molecule has 0 heterocycles. The van der Waals surface area contributed by atoms with Crippen LogP contribution >= 0.6 is 34.8 Å². The predicted octanol–water partition coefficient (Wildman–Crippen LogP) is 4.10. The molecule has 0 unspecified atom stereocenters. The van der Waals surface area contributed by atoms with Crippen LogP contribution < -0.4 is 4.72 Å². The maximum absolute atomic E-state index is 12.6. The van der Waals surface area contributed by atoms with Crippen molar-refractivity contribution in [2.24, 2.45) is 0 Å². The molecule has 140 valence electrons. The minimum absolute atomic E-state index is 0.00285. The van der Waals surface area contributed by atoms with Crippen molar-refractivity contribution in [3.63, 3.8) is 0 Å². The zero-order valence-electron chi connectivity index (χ0n) is 13.9. The second kappa shape index (κ2) is 8.59. The average molecular weight is 437 g/mol. The zero-order valence-corrected chi connectivity index (χ0v) is 17.0. The predicted molar refractivity (Wildman–Crippen MR) is 102 cm³/mol. The number of ether oxygens (including phenoxy) is 1. The van der Waals surface area contributed by atoms with Gasteiger partial charge in [-0.1, -0.05) is 47.0 Å². The van der Waals surface area contributed by atoms with E-state index in [-0.39, 0.29) is 9.92 Å². The molecule has 2 aromatic rings. The summed E-state index contributed by atoms with van der Waals surface area (Å²) in [6.07, 6.45) is 0. The van der Waals surface area contributed by atoms with Crippen molar-refractivity contribution in [3.8, 4) is 0 Å². The lowest BCUT2D eigenvalue weighted by Gasteiger charge is -2.22. The molecule has 2 atom stereocenters. The molecule has 0 bridgehead atoms. The van der Waals surface area contributed by atoms with Crippen LogP contribution in [0.4, 0.5) is 0 Å². The average Bonchev–Trinajstić information content (AvgIpc) is 2.59. The van der Waals surface area contributed by atoms with E-state index in [1.165, 1.54) is 24.3 Å². The summed E-state index contributed by atoms with van der Waals surface area (Å²) in [7, 11) is -2.87. The maximum atomic E-state index is 12.6. The van der Waals surface area contributed by atoms with Crippen LogP contribution in [0.2, 0.25) is 10.0 Å². The second-order valence-corrected chi connectivity index (χ2v) is 8.53. The first kappa shape index (κ1) is 21.0. The van der Waals surface area contributed by atoms with E-state index < -0.39 is 27.4 Å². The standard InChI is InChI=1S/C17H16Cl3NO4S/c1-10-3-6-12(7-4-10)26(23,24)21-16(17(22)25-2)15(20)13-8-5-11(18)9-14(13)19/h3-9,15-16,21H,1-2H3/t15-,16-/m1/s1. The van der Waals surface area contributed by atoms with Crippen LogP contribution in [0, 0.1) is 6.92 Å². The maximum Gasteiger partial charge on any atom is 0.325 e. The number of halogens is 3. The second-order valence-electron chi connectivity index (χ2n) is 5.50. The number of benzene rings is 2. The third kappa shape index (κ3) is 4.90. The zero-order chi connectivity index (χ0) is 19.5. The highest BCUT2D eigenvalue weighted by molar-refractivity contribution is 7.89. The number of carbonyl (C=O) groups excluding carboxylic acids is 1. The van der Waals surface area contributed by atoms with Crippen molar-refractivity contribution in [2.75, 3.05) is 7.11 Å². The summed E-state index contributed by atoms with van der Waals surface area (Å²) in [6.45, 7) is 1.83. The topological polar surface area (TPSA) is 72.5 Å². The van der Waals surface area contributed by atoms with Gasteiger partial charge in [-0.3, -0.25) is 4.79 Å². The molecule has 0 saturated carbocycles. The fourth-order valence-corrected chi connectivity index (χ4v) is 4.42. The van der Waals surface area contributed by atoms with Crippen molar-refractivity contribution < 1.29 is 17.9 Å². The summed E-state index contributed by atoms with van der Waals surface area (Å²) in [5.41, 5.74) is 1.25. The van der Waals surface area contributed by atoms with Crippen LogP contribution in [0.3, 0.4) is 0 Å². The number of methoxy groups -OCH3 is 1. The van der Waals surface area contributed by atoms with E-state index in [1.54, 1.807) is 18.2 Å². The van der Waals surface area contributed by atoms with Crippen LogP contribution in [-0.4, -0.2) is 27.5 Å². The largest absolute Gasteiger partial charge is 0.468 e. The quantitative estimate of drug-likeness (QED) is 0.546. The number of hydrogen-bond donors (Lipinski definition) is 1. The Morgan fingerprint density at radius 2 is 1.73 bits per heavy atom. The highest BCUT2D eigenvalue weighted by Crippen LogP contribution is 2.33. The Morgan fingerprint density at radius 1 is 1.12 bits per heavy atom. The number of alkyl halides is 1. The minimum Gasteiger partial charge on any atom is -0.468 e. The van der Waals surface area contributed by atoms with E-state index in [0.717, 1.165) is 12.7 Å². The fraction of sp³-hybridized carbons (Fsp3) is 0.235. The Labute approximate surface area is 167 Å². The first-order valence-electron chi connectivity index (χ1n) is 7.41. The van der Waals surface area contributed by atoms with E-state index in [2.05, 4.69) is 4.72 Å². The van der Waals surface area contributed by atoms with Crippen LogP contribution in [0.25, 0.3) is 0 Å². The van der Waals surface area contributed by atoms with Crippen molar-refractivity contribution in [1.82, 2.24) is 4.72 Å². The van der Waals surface area contributed by atoms with Gasteiger partial charge in [-0.15, -0.1) is 11.6 Å². The number of carbonyl (C=O) groups is 1. The van der Waals surface area contributed by atoms with E-state index in [4.69, 9.17) is 39.5 Å². The van der Waals surface area contributed by atoms with Gasteiger partial charge >= 0.3 is 5.97 Å². The molecule has 0 aliphatic heterocycles. The van der Waals surface area contributed by atoms with E-state index in [0.29, 0.717) is 10.6 Å². The van der Waals surface area contributed by atoms with Gasteiger partial charge in [-0.2, -0.15) is 4.72 Å². The molecule has 0 aliphatic rings. The van der Waals surface area contributed by atoms with Gasteiger partial charge in [0.1, 0.15) is 6.04 Å². The lowest BCUT2D eigenvalue weighted by Crippen LogP contribution is -2.44. The van der Waals surface area contributed by atoms with Crippen molar-refractivity contribution in [2.45, 2.75) is 23.2 Å². The number of rotatable bonds is 6. The monoisotopic (exact) mass is 435 g/mol. The molecular weight excluding hydrogens is 421 g/mol. The molecule has 5 nitrogen and oxygen atoms in total. The van der Waals surface area contributed by atoms with Gasteiger partial charge in [0, 0.05) is 10.0 Å². The van der Waals surface area contributed by atoms with Gasteiger partial charge in [0.05, 0.1) is 17.4 Å². The number of hydrogen-bond acceptors (Lipinski definition) is 4. The summed E-state index contributed by atoms with van der Waals surface area (Å²) >= 11 is 18.4. The third-order valence-electron chi connectivity index (χ3n) is 3.62. The van der Waals surface area contributed by atoms with E-state index in [1.807, 2.05) is 6.92 Å². The van der Waals surface area contributed by atoms with Gasteiger partial charge in [0.25, 0.3) is 0 Å². The van der Waals surface area contributed by atoms with Crippen LogP contribution in [0.5, 0.6) is 0 Å². The molecule has 9 heteroatoms. The first-order valence-corrected chi connectivity index (χ1v) is 10.1. The Balaban J connectivity index is 2.38. The van der Waals surface area contributed by atoms with Gasteiger partial charge < -0.3 is 4.74 Å².